The maximum Gasteiger partial charge on any atom is 0.298 e. The number of nitrogen functional groups attached to an aromatic ring is 1. The van der Waals surface area contributed by atoms with Crippen molar-refractivity contribution in [2.75, 3.05) is 36.9 Å². The van der Waals surface area contributed by atoms with E-state index in [0.29, 0.717) is 0 Å². The molecule has 1 aliphatic rings. The number of pyridine rings is 1. The number of hydrogen-bond donors (Lipinski definition) is 1. The van der Waals surface area contributed by atoms with Gasteiger partial charge in [0, 0.05) is 0 Å². The van der Waals surface area contributed by atoms with Gasteiger partial charge in [-0.25, -0.2) is 4.98 Å². The van der Waals surface area contributed by atoms with E-state index in [2.05, 4.69) is 9.88 Å². The lowest BCUT2D eigenvalue weighted by molar-refractivity contribution is -0.363. The Kier molecular flexibility index (Phi) is 2.31. The fourth-order valence-electron chi connectivity index (χ4n) is 1.50. The lowest BCUT2D eigenvalue weighted by atomic mass is 10.3. The Morgan fingerprint density at radius 3 is 2.85 bits per heavy atom. The number of aromatic amines is 1. The minimum Gasteiger partial charge on any atom is -0.392 e. The molecule has 0 unspecified atom stereocenters. The molecule has 3 N–H and O–H groups in total. The molecule has 1 aromatic rings. The molecular weight excluding hydrogens is 166 g/mol. The summed E-state index contributed by atoms with van der Waals surface area (Å²) in [6.07, 6.45) is 1.89. The van der Waals surface area contributed by atoms with Crippen molar-refractivity contribution < 1.29 is 9.72 Å². The van der Waals surface area contributed by atoms with Gasteiger partial charge in [-0.05, 0) is 12.1 Å². The largest absolute Gasteiger partial charge is 0.392 e. The smallest absolute Gasteiger partial charge is 0.298 e. The van der Waals surface area contributed by atoms with Crippen molar-refractivity contribution in [3.05, 3.63) is 18.3 Å². The zero-order valence-corrected chi connectivity index (χ0v) is 7.49. The summed E-state index contributed by atoms with van der Waals surface area (Å²) in [5.74, 6) is 1.01. The van der Waals surface area contributed by atoms with Gasteiger partial charge in [-0.15, -0.1) is 0 Å². The van der Waals surface area contributed by atoms with Crippen LogP contribution in [0.25, 0.3) is 0 Å². The molecule has 4 nitrogen and oxygen atoms in total. The van der Waals surface area contributed by atoms with E-state index in [1.807, 2.05) is 18.3 Å². The number of morpholine rings is 1. The molecule has 1 aliphatic heterocycles. The number of nitrogens with two attached hydrogens (primary N) is 1. The summed E-state index contributed by atoms with van der Waals surface area (Å²) in [5.41, 5.74) is 6.63. The second-order valence-electron chi connectivity index (χ2n) is 3.07. The van der Waals surface area contributed by atoms with E-state index in [9.17, 15) is 0 Å². The van der Waals surface area contributed by atoms with Gasteiger partial charge in [-0.2, -0.15) is 0 Å². The van der Waals surface area contributed by atoms with Gasteiger partial charge in [-0.1, -0.05) is 0 Å². The molecule has 2 rings (SSSR count). The highest BCUT2D eigenvalue weighted by Crippen LogP contribution is 2.16. The minimum absolute atomic E-state index is 0.780. The van der Waals surface area contributed by atoms with Crippen LogP contribution in [0.5, 0.6) is 0 Å². The average Bonchev–Trinajstić information content (AvgIpc) is 2.20. The van der Waals surface area contributed by atoms with Crippen molar-refractivity contribution in [2.45, 2.75) is 0 Å². The molecule has 0 bridgehead atoms. The number of hydrogen-bond acceptors (Lipinski definition) is 3. The third-order valence-electron chi connectivity index (χ3n) is 2.19. The summed E-state index contributed by atoms with van der Waals surface area (Å²) in [4.78, 5) is 5.36. The van der Waals surface area contributed by atoms with Gasteiger partial charge < -0.3 is 10.5 Å². The summed E-state index contributed by atoms with van der Waals surface area (Å²) in [6.45, 7) is 3.37. The van der Waals surface area contributed by atoms with Gasteiger partial charge in [-0.3, -0.25) is 4.90 Å². The summed E-state index contributed by atoms with van der Waals surface area (Å²) in [7, 11) is 0. The second-order valence-corrected chi connectivity index (χ2v) is 3.07. The van der Waals surface area contributed by atoms with Crippen molar-refractivity contribution in [3.63, 3.8) is 0 Å². The fourth-order valence-corrected chi connectivity index (χ4v) is 1.50. The maximum absolute atomic E-state index is 5.84. The Bertz CT molecular complexity index is 284. The molecule has 0 saturated carbocycles. The number of ether oxygens (including phenoxy) is 1. The molecule has 4 heteroatoms. The van der Waals surface area contributed by atoms with Crippen molar-refractivity contribution in [3.8, 4) is 0 Å². The summed E-state index contributed by atoms with van der Waals surface area (Å²) in [6, 6.07) is 3.81. The zero-order chi connectivity index (χ0) is 9.10. The summed E-state index contributed by atoms with van der Waals surface area (Å²) < 4.78 is 5.26. The van der Waals surface area contributed by atoms with Gasteiger partial charge in [0.05, 0.1) is 19.4 Å². The van der Waals surface area contributed by atoms with E-state index >= 15 is 0 Å². The number of aromatic nitrogens is 1. The van der Waals surface area contributed by atoms with Crippen molar-refractivity contribution >= 4 is 11.5 Å². The quantitative estimate of drug-likeness (QED) is 0.657. The van der Waals surface area contributed by atoms with Crippen molar-refractivity contribution in [2.24, 2.45) is 0 Å². The molecule has 13 heavy (non-hydrogen) atoms. The molecule has 0 radical (unpaired) electrons. The maximum atomic E-state index is 5.84. The predicted octanol–water partition coefficient (Wildman–Crippen LogP) is -0.0805. The predicted molar refractivity (Wildman–Crippen MR) is 50.4 cm³/mol. The summed E-state index contributed by atoms with van der Waals surface area (Å²) in [5, 5.41) is 0. The lowest BCUT2D eigenvalue weighted by Gasteiger charge is -2.21. The first-order chi connectivity index (χ1) is 6.38. The zero-order valence-electron chi connectivity index (χ0n) is 7.49. The lowest BCUT2D eigenvalue weighted by Crippen LogP contribution is -2.39. The van der Waals surface area contributed by atoms with Gasteiger partial charge in [0.1, 0.15) is 18.8 Å². The first-order valence-corrected chi connectivity index (χ1v) is 4.47. The Hall–Kier alpha value is -1.29. The number of anilines is 2. The van der Waals surface area contributed by atoms with Gasteiger partial charge in [0.2, 0.25) is 0 Å². The first-order valence-electron chi connectivity index (χ1n) is 4.47. The van der Waals surface area contributed by atoms with Gasteiger partial charge in [0.25, 0.3) is 5.82 Å². The van der Waals surface area contributed by atoms with E-state index in [1.54, 1.807) is 0 Å². The summed E-state index contributed by atoms with van der Waals surface area (Å²) >= 11 is 0. The number of rotatable bonds is 1. The van der Waals surface area contributed by atoms with Crippen LogP contribution in [-0.2, 0) is 4.74 Å². The van der Waals surface area contributed by atoms with E-state index < -0.39 is 0 Å². The first kappa shape index (κ1) is 8.31. The van der Waals surface area contributed by atoms with E-state index in [0.717, 1.165) is 37.8 Å². The third kappa shape index (κ3) is 1.72. The topological polar surface area (TPSA) is 52.6 Å². The van der Waals surface area contributed by atoms with Crippen LogP contribution in [0.15, 0.2) is 18.3 Å². The third-order valence-corrected chi connectivity index (χ3v) is 2.19. The minimum atomic E-state index is 0.780. The van der Waals surface area contributed by atoms with E-state index in [-0.39, 0.29) is 0 Å². The normalized spacial score (nSPS) is 17.4. The molecule has 2 heterocycles. The molecule has 1 saturated heterocycles. The highest BCUT2D eigenvalue weighted by molar-refractivity contribution is 5.58. The molecule has 1 aromatic heterocycles. The fraction of sp³-hybridized carbons (Fsp3) is 0.444. The van der Waals surface area contributed by atoms with Crippen LogP contribution in [0.4, 0.5) is 11.5 Å². The Morgan fingerprint density at radius 2 is 2.15 bits per heavy atom. The molecule has 0 amide bonds. The molecule has 1 fully saturated rings. The van der Waals surface area contributed by atoms with Gasteiger partial charge >= 0.3 is 0 Å². The molecule has 0 spiro atoms. The number of H-pyrrole nitrogens is 1. The number of nitrogens with one attached hydrogen (secondary N) is 1. The molecule has 70 valence electrons. The van der Waals surface area contributed by atoms with E-state index in [1.165, 1.54) is 0 Å². The Morgan fingerprint density at radius 1 is 1.38 bits per heavy atom. The van der Waals surface area contributed by atoms with Crippen LogP contribution in [0, 0.1) is 0 Å². The Balaban J connectivity index is 2.18. The number of nitrogens with zero attached hydrogens (tertiary/aromatic N) is 1. The molecule has 0 aliphatic carbocycles. The second kappa shape index (κ2) is 3.62. The van der Waals surface area contributed by atoms with Gasteiger partial charge in [0.15, 0.2) is 0 Å². The monoisotopic (exact) mass is 180 g/mol. The van der Waals surface area contributed by atoms with Crippen LogP contribution in [0.3, 0.4) is 0 Å². The molecule has 0 atom stereocenters. The van der Waals surface area contributed by atoms with Crippen LogP contribution in [0.1, 0.15) is 0 Å². The van der Waals surface area contributed by atoms with Crippen LogP contribution in [-0.4, -0.2) is 26.3 Å². The van der Waals surface area contributed by atoms with E-state index in [4.69, 9.17) is 10.5 Å². The van der Waals surface area contributed by atoms with Crippen LogP contribution >= 0.6 is 0 Å². The average molecular weight is 180 g/mol. The van der Waals surface area contributed by atoms with Crippen molar-refractivity contribution in [1.29, 1.82) is 0 Å². The van der Waals surface area contributed by atoms with Crippen LogP contribution < -0.4 is 15.6 Å². The highest BCUT2D eigenvalue weighted by Gasteiger charge is 2.20. The van der Waals surface area contributed by atoms with Crippen LogP contribution in [0.2, 0.25) is 0 Å². The molecule has 0 aromatic carbocycles. The van der Waals surface area contributed by atoms with Crippen molar-refractivity contribution in [1.82, 2.24) is 0 Å². The SMILES string of the molecule is Nc1ccc[nH+]c1N1CCOCC1. The highest BCUT2D eigenvalue weighted by atomic mass is 16.5. The standard InChI is InChI=1S/C9H13N3O/c10-8-2-1-3-11-9(8)12-4-6-13-7-5-12/h1-3H,4-7,10H2/p+1. The molecular formula is C9H14N3O+. The Labute approximate surface area is 77.3 Å².